The molecule has 2 fully saturated rings. The molecular formula is C34H32Cl4N4O2. The number of hydrogen-bond acceptors (Lipinski definition) is 4. The number of carbonyl (C=O) groups excluding carboxylic acids is 2. The molecule has 1 unspecified atom stereocenters. The van der Waals surface area contributed by atoms with Crippen molar-refractivity contribution in [3.8, 4) is 0 Å². The van der Waals surface area contributed by atoms with Gasteiger partial charge in [0, 0.05) is 43.3 Å². The minimum absolute atomic E-state index is 0.0243. The summed E-state index contributed by atoms with van der Waals surface area (Å²) in [7, 11) is 0. The minimum atomic E-state index is -0.316. The van der Waals surface area contributed by atoms with Gasteiger partial charge in [-0.2, -0.15) is 0 Å². The van der Waals surface area contributed by atoms with Gasteiger partial charge in [-0.05, 0) is 49.2 Å². The Labute approximate surface area is 277 Å². The maximum absolute atomic E-state index is 12.0. The van der Waals surface area contributed by atoms with Gasteiger partial charge in [-0.25, -0.2) is 0 Å². The van der Waals surface area contributed by atoms with E-state index in [9.17, 15) is 9.59 Å². The molecule has 6 rings (SSSR count). The van der Waals surface area contributed by atoms with Gasteiger partial charge in [-0.15, -0.1) is 0 Å². The molecule has 44 heavy (non-hydrogen) atoms. The van der Waals surface area contributed by atoms with Crippen molar-refractivity contribution in [2.45, 2.75) is 38.3 Å². The molecule has 2 amide bonds. The fourth-order valence-electron chi connectivity index (χ4n) is 5.66. The lowest BCUT2D eigenvalue weighted by atomic mass is 10.0. The van der Waals surface area contributed by atoms with Crippen molar-refractivity contribution in [3.05, 3.63) is 139 Å². The highest BCUT2D eigenvalue weighted by Crippen LogP contribution is 2.39. The van der Waals surface area contributed by atoms with Crippen LogP contribution in [0.25, 0.3) is 0 Å². The van der Waals surface area contributed by atoms with Crippen LogP contribution < -0.4 is 10.6 Å². The Kier molecular flexibility index (Phi) is 10.5. The molecular weight excluding hydrogens is 638 g/mol. The Bertz CT molecular complexity index is 1460. The van der Waals surface area contributed by atoms with Crippen LogP contribution in [0.2, 0.25) is 20.1 Å². The van der Waals surface area contributed by atoms with Crippen molar-refractivity contribution >= 4 is 58.2 Å². The van der Waals surface area contributed by atoms with E-state index in [4.69, 9.17) is 46.4 Å². The maximum Gasteiger partial charge on any atom is 0.235 e. The van der Waals surface area contributed by atoms with Crippen molar-refractivity contribution in [1.29, 1.82) is 0 Å². The molecule has 2 aliphatic rings. The van der Waals surface area contributed by atoms with Crippen LogP contribution in [0.4, 0.5) is 0 Å². The van der Waals surface area contributed by atoms with E-state index in [1.165, 1.54) is 0 Å². The molecule has 4 atom stereocenters. The molecule has 4 aromatic rings. The Hall–Kier alpha value is -3.10. The van der Waals surface area contributed by atoms with Crippen LogP contribution in [0.3, 0.4) is 0 Å². The quantitative estimate of drug-likeness (QED) is 0.217. The second kappa shape index (κ2) is 14.3. The van der Waals surface area contributed by atoms with E-state index < -0.39 is 0 Å². The lowest BCUT2D eigenvalue weighted by Crippen LogP contribution is -2.30. The first kappa shape index (κ1) is 32.3. The topological polar surface area (TPSA) is 64.7 Å². The lowest BCUT2D eigenvalue weighted by molar-refractivity contribution is -0.119. The van der Waals surface area contributed by atoms with Gasteiger partial charge in [-0.1, -0.05) is 119 Å². The average molecular weight is 670 g/mol. The summed E-state index contributed by atoms with van der Waals surface area (Å²) in [6.07, 6.45) is -0.632. The molecule has 0 spiro atoms. The molecule has 2 heterocycles. The largest absolute Gasteiger partial charge is 0.335 e. The van der Waals surface area contributed by atoms with Gasteiger partial charge in [0.2, 0.25) is 11.8 Å². The molecule has 0 aliphatic carbocycles. The molecule has 4 aromatic carbocycles. The third-order valence-electron chi connectivity index (χ3n) is 8.02. The highest BCUT2D eigenvalue weighted by molar-refractivity contribution is 6.36. The molecule has 0 radical (unpaired) electrons. The molecule has 10 heteroatoms. The van der Waals surface area contributed by atoms with Crippen molar-refractivity contribution in [1.82, 2.24) is 20.4 Å². The number of amides is 2. The number of hydrogen-bond donors (Lipinski definition) is 2. The van der Waals surface area contributed by atoms with Crippen LogP contribution >= 0.6 is 46.4 Å². The SMILES string of the molecule is C[C@H](c1ccccc1)N1CC(=O)NC1c1c(Cl)cccc1Cl.C[C@H](c1ccccc1)N1CC(=O)N[C@@H]1c1c(Cl)cccc1Cl. The van der Waals surface area contributed by atoms with Gasteiger partial charge in [0.05, 0.1) is 13.1 Å². The molecule has 0 aromatic heterocycles. The Balaban J connectivity index is 0.000000175. The second-order valence-electron chi connectivity index (χ2n) is 10.7. The second-order valence-corrected chi connectivity index (χ2v) is 12.4. The van der Waals surface area contributed by atoms with E-state index in [0.717, 1.165) is 22.3 Å². The van der Waals surface area contributed by atoms with E-state index in [1.807, 2.05) is 36.4 Å². The van der Waals surface area contributed by atoms with E-state index in [2.05, 4.69) is 58.5 Å². The molecule has 0 bridgehead atoms. The molecule has 0 saturated carbocycles. The zero-order chi connectivity index (χ0) is 31.4. The molecule has 2 aliphatic heterocycles. The van der Waals surface area contributed by atoms with E-state index in [1.54, 1.807) is 36.4 Å². The normalized spacial score (nSPS) is 20.0. The predicted molar refractivity (Wildman–Crippen MR) is 178 cm³/mol. The first-order chi connectivity index (χ1) is 21.2. The minimum Gasteiger partial charge on any atom is -0.335 e. The van der Waals surface area contributed by atoms with Crippen LogP contribution in [0, 0.1) is 0 Å². The third kappa shape index (κ3) is 7.07. The Morgan fingerprint density at radius 3 is 1.18 bits per heavy atom. The summed E-state index contributed by atoms with van der Waals surface area (Å²) in [5.74, 6) is -0.0486. The lowest BCUT2D eigenvalue weighted by Gasteiger charge is -2.30. The average Bonchev–Trinajstić information content (AvgIpc) is 3.59. The fraction of sp³-hybridized carbons (Fsp3) is 0.235. The highest BCUT2D eigenvalue weighted by atomic mass is 35.5. The number of nitrogens with zero attached hydrogens (tertiary/aromatic N) is 2. The summed E-state index contributed by atoms with van der Waals surface area (Å²) in [6, 6.07) is 31.1. The first-order valence-corrected chi connectivity index (χ1v) is 15.7. The van der Waals surface area contributed by atoms with Gasteiger partial charge in [0.1, 0.15) is 12.3 Å². The summed E-state index contributed by atoms with van der Waals surface area (Å²) >= 11 is 25.2. The van der Waals surface area contributed by atoms with Crippen LogP contribution in [-0.4, -0.2) is 34.7 Å². The fourth-order valence-corrected chi connectivity index (χ4v) is 6.87. The molecule has 2 saturated heterocycles. The number of benzene rings is 4. The van der Waals surface area contributed by atoms with Gasteiger partial charge in [0.25, 0.3) is 0 Å². The van der Waals surface area contributed by atoms with Crippen LogP contribution in [0.15, 0.2) is 97.1 Å². The van der Waals surface area contributed by atoms with E-state index in [-0.39, 0.29) is 36.2 Å². The van der Waals surface area contributed by atoms with Crippen molar-refractivity contribution < 1.29 is 9.59 Å². The van der Waals surface area contributed by atoms with Gasteiger partial charge < -0.3 is 10.6 Å². The van der Waals surface area contributed by atoms with E-state index >= 15 is 0 Å². The Morgan fingerprint density at radius 2 is 0.864 bits per heavy atom. The molecule has 6 nitrogen and oxygen atoms in total. The summed E-state index contributed by atoms with van der Waals surface area (Å²) in [5.41, 5.74) is 3.79. The van der Waals surface area contributed by atoms with Crippen molar-refractivity contribution in [3.63, 3.8) is 0 Å². The van der Waals surface area contributed by atoms with Crippen LogP contribution in [0.5, 0.6) is 0 Å². The van der Waals surface area contributed by atoms with Crippen molar-refractivity contribution in [2.75, 3.05) is 13.1 Å². The first-order valence-electron chi connectivity index (χ1n) is 14.2. The maximum atomic E-state index is 12.0. The summed E-state index contributed by atoms with van der Waals surface area (Å²) in [5, 5.41) is 8.18. The number of halogens is 4. The number of rotatable bonds is 6. The standard InChI is InChI=1S/2C17H16Cl2N2O/c2*1-11(12-6-3-2-4-7-12)21-10-15(22)20-17(21)16-13(18)8-5-9-14(16)19/h2*2-9,11,17H,10H2,1H3,(H,20,22)/t11-,17?;11-,17+/m11/s1. The van der Waals surface area contributed by atoms with Gasteiger partial charge in [-0.3, -0.25) is 19.4 Å². The summed E-state index contributed by atoms with van der Waals surface area (Å²) < 4.78 is 0. The van der Waals surface area contributed by atoms with Crippen molar-refractivity contribution in [2.24, 2.45) is 0 Å². The van der Waals surface area contributed by atoms with Gasteiger partial charge in [0.15, 0.2) is 0 Å². The van der Waals surface area contributed by atoms with Crippen LogP contribution in [-0.2, 0) is 9.59 Å². The zero-order valence-corrected chi connectivity index (χ0v) is 27.2. The molecule has 228 valence electrons. The number of carbonyl (C=O) groups is 2. The number of nitrogens with one attached hydrogen (secondary N) is 2. The molecule has 2 N–H and O–H groups in total. The van der Waals surface area contributed by atoms with Crippen LogP contribution in [0.1, 0.15) is 60.5 Å². The Morgan fingerprint density at radius 1 is 0.545 bits per heavy atom. The predicted octanol–water partition coefficient (Wildman–Crippen LogP) is 8.37. The highest BCUT2D eigenvalue weighted by Gasteiger charge is 2.38. The summed E-state index contributed by atoms with van der Waals surface area (Å²) in [6.45, 7) is 4.80. The monoisotopic (exact) mass is 668 g/mol. The zero-order valence-electron chi connectivity index (χ0n) is 24.2. The van der Waals surface area contributed by atoms with Gasteiger partial charge >= 0.3 is 0 Å². The smallest absolute Gasteiger partial charge is 0.235 e. The van der Waals surface area contributed by atoms with E-state index in [0.29, 0.717) is 33.2 Å². The summed E-state index contributed by atoms with van der Waals surface area (Å²) in [4.78, 5) is 28.1. The third-order valence-corrected chi connectivity index (χ3v) is 9.33.